The second-order valence-corrected chi connectivity index (χ2v) is 8.63. The molecule has 6 heteroatoms. The standard InChI is InChI=1S/C19H30N2O3S/c1-3-17(4-2)20-19(22)13-10-16-8-11-18(12-9-16)25(23,24)21-14-6-5-7-15-21/h8-9,11-12,17H,3-7,10,13-15H2,1-2H3,(H,20,22). The summed E-state index contributed by atoms with van der Waals surface area (Å²) in [5, 5.41) is 3.02. The Labute approximate surface area is 151 Å². The van der Waals surface area contributed by atoms with Crippen molar-refractivity contribution >= 4 is 15.9 Å². The third-order valence-electron chi connectivity index (χ3n) is 4.87. The average molecular weight is 367 g/mol. The topological polar surface area (TPSA) is 66.5 Å². The molecule has 0 aliphatic carbocycles. The van der Waals surface area contributed by atoms with E-state index in [1.54, 1.807) is 16.4 Å². The molecule has 1 heterocycles. The summed E-state index contributed by atoms with van der Waals surface area (Å²) < 4.78 is 26.8. The van der Waals surface area contributed by atoms with Crippen LogP contribution in [-0.2, 0) is 21.2 Å². The molecule has 1 fully saturated rings. The van der Waals surface area contributed by atoms with Crippen molar-refractivity contribution in [3.63, 3.8) is 0 Å². The van der Waals surface area contributed by atoms with Crippen LogP contribution in [0.1, 0.15) is 57.9 Å². The number of piperidine rings is 1. The lowest BCUT2D eigenvalue weighted by Crippen LogP contribution is -2.35. The van der Waals surface area contributed by atoms with Crippen molar-refractivity contribution in [2.45, 2.75) is 69.7 Å². The van der Waals surface area contributed by atoms with E-state index in [0.717, 1.165) is 37.7 Å². The third-order valence-corrected chi connectivity index (χ3v) is 6.78. The summed E-state index contributed by atoms with van der Waals surface area (Å²) in [7, 11) is -3.38. The highest BCUT2D eigenvalue weighted by molar-refractivity contribution is 7.89. The average Bonchev–Trinajstić information content (AvgIpc) is 2.65. The molecular formula is C19H30N2O3S. The molecule has 1 aromatic rings. The molecule has 0 radical (unpaired) electrons. The van der Waals surface area contributed by atoms with Crippen LogP contribution in [-0.4, -0.2) is 37.8 Å². The van der Waals surface area contributed by atoms with Gasteiger partial charge in [0.2, 0.25) is 15.9 Å². The number of rotatable bonds is 8. The van der Waals surface area contributed by atoms with Crippen LogP contribution in [0.15, 0.2) is 29.2 Å². The number of nitrogens with zero attached hydrogens (tertiary/aromatic N) is 1. The number of carbonyl (C=O) groups is 1. The van der Waals surface area contributed by atoms with Crippen molar-refractivity contribution in [2.75, 3.05) is 13.1 Å². The van der Waals surface area contributed by atoms with Crippen LogP contribution in [0.5, 0.6) is 0 Å². The predicted molar refractivity (Wildman–Crippen MR) is 99.9 cm³/mol. The highest BCUT2D eigenvalue weighted by Crippen LogP contribution is 2.21. The van der Waals surface area contributed by atoms with Gasteiger partial charge in [-0.05, 0) is 49.8 Å². The maximum atomic E-state index is 12.6. The molecule has 1 N–H and O–H groups in total. The van der Waals surface area contributed by atoms with Crippen molar-refractivity contribution in [1.29, 1.82) is 0 Å². The maximum Gasteiger partial charge on any atom is 0.243 e. The Kier molecular flexibility index (Phi) is 7.44. The summed E-state index contributed by atoms with van der Waals surface area (Å²) in [6.45, 7) is 5.35. The molecule has 2 rings (SSSR count). The van der Waals surface area contributed by atoms with Crippen LogP contribution < -0.4 is 5.32 Å². The Hall–Kier alpha value is -1.40. The zero-order chi connectivity index (χ0) is 18.3. The first-order valence-corrected chi connectivity index (χ1v) is 10.8. The van der Waals surface area contributed by atoms with Gasteiger partial charge in [0.1, 0.15) is 0 Å². The Morgan fingerprint density at radius 1 is 1.08 bits per heavy atom. The van der Waals surface area contributed by atoms with Crippen LogP contribution >= 0.6 is 0 Å². The Balaban J connectivity index is 1.92. The molecule has 0 aromatic heterocycles. The van der Waals surface area contributed by atoms with Gasteiger partial charge in [0.25, 0.3) is 0 Å². The van der Waals surface area contributed by atoms with Gasteiger partial charge in [0, 0.05) is 25.6 Å². The number of nitrogens with one attached hydrogen (secondary N) is 1. The third kappa shape index (κ3) is 5.54. The van der Waals surface area contributed by atoms with E-state index < -0.39 is 10.0 Å². The number of benzene rings is 1. The lowest BCUT2D eigenvalue weighted by molar-refractivity contribution is -0.121. The normalized spacial score (nSPS) is 16.1. The molecule has 0 unspecified atom stereocenters. The number of aryl methyl sites for hydroxylation is 1. The number of hydrogen-bond acceptors (Lipinski definition) is 3. The maximum absolute atomic E-state index is 12.6. The minimum absolute atomic E-state index is 0.0544. The number of carbonyl (C=O) groups excluding carboxylic acids is 1. The van der Waals surface area contributed by atoms with Crippen LogP contribution in [0, 0.1) is 0 Å². The smallest absolute Gasteiger partial charge is 0.243 e. The summed E-state index contributed by atoms with van der Waals surface area (Å²) >= 11 is 0. The van der Waals surface area contributed by atoms with E-state index in [1.165, 1.54) is 0 Å². The van der Waals surface area contributed by atoms with E-state index in [-0.39, 0.29) is 11.9 Å². The van der Waals surface area contributed by atoms with Gasteiger partial charge in [0.15, 0.2) is 0 Å². The Morgan fingerprint density at radius 2 is 1.68 bits per heavy atom. The SMILES string of the molecule is CCC(CC)NC(=O)CCc1ccc(S(=O)(=O)N2CCCCC2)cc1. The van der Waals surface area contributed by atoms with E-state index in [0.29, 0.717) is 30.8 Å². The fraction of sp³-hybridized carbons (Fsp3) is 0.632. The summed E-state index contributed by atoms with van der Waals surface area (Å²) in [6, 6.07) is 7.21. The van der Waals surface area contributed by atoms with Gasteiger partial charge in [-0.2, -0.15) is 4.31 Å². The first-order valence-electron chi connectivity index (χ1n) is 9.35. The second-order valence-electron chi connectivity index (χ2n) is 6.69. The predicted octanol–water partition coefficient (Wildman–Crippen LogP) is 3.10. The van der Waals surface area contributed by atoms with E-state index in [4.69, 9.17) is 0 Å². The van der Waals surface area contributed by atoms with Gasteiger partial charge in [-0.1, -0.05) is 32.4 Å². The fourth-order valence-corrected chi connectivity index (χ4v) is 4.65. The minimum atomic E-state index is -3.38. The van der Waals surface area contributed by atoms with Gasteiger partial charge in [0.05, 0.1) is 4.90 Å². The summed E-state index contributed by atoms with van der Waals surface area (Å²) in [5.74, 6) is 0.0544. The molecule has 1 aliphatic rings. The first-order chi connectivity index (χ1) is 12.0. The molecule has 140 valence electrons. The number of hydrogen-bond donors (Lipinski definition) is 1. The van der Waals surface area contributed by atoms with E-state index >= 15 is 0 Å². The second kappa shape index (κ2) is 9.34. The highest BCUT2D eigenvalue weighted by Gasteiger charge is 2.25. The van der Waals surface area contributed by atoms with Crippen molar-refractivity contribution in [1.82, 2.24) is 9.62 Å². The highest BCUT2D eigenvalue weighted by atomic mass is 32.2. The lowest BCUT2D eigenvalue weighted by atomic mass is 10.1. The van der Waals surface area contributed by atoms with Crippen molar-refractivity contribution in [2.24, 2.45) is 0 Å². The molecule has 1 amide bonds. The zero-order valence-corrected chi connectivity index (χ0v) is 16.1. The van der Waals surface area contributed by atoms with Gasteiger partial charge in [-0.15, -0.1) is 0 Å². The summed E-state index contributed by atoms with van der Waals surface area (Å²) in [4.78, 5) is 12.3. The number of amides is 1. The van der Waals surface area contributed by atoms with Crippen molar-refractivity contribution < 1.29 is 13.2 Å². The zero-order valence-electron chi connectivity index (χ0n) is 15.3. The van der Waals surface area contributed by atoms with Gasteiger partial charge >= 0.3 is 0 Å². The minimum Gasteiger partial charge on any atom is -0.353 e. The monoisotopic (exact) mass is 366 g/mol. The molecule has 25 heavy (non-hydrogen) atoms. The van der Waals surface area contributed by atoms with Crippen LogP contribution in [0.25, 0.3) is 0 Å². The van der Waals surface area contributed by atoms with Gasteiger partial charge in [-0.25, -0.2) is 8.42 Å². The van der Waals surface area contributed by atoms with E-state index in [9.17, 15) is 13.2 Å². The van der Waals surface area contributed by atoms with Crippen LogP contribution in [0.3, 0.4) is 0 Å². The Morgan fingerprint density at radius 3 is 2.24 bits per heavy atom. The molecule has 0 spiro atoms. The molecule has 0 atom stereocenters. The lowest BCUT2D eigenvalue weighted by Gasteiger charge is -2.25. The van der Waals surface area contributed by atoms with E-state index in [1.807, 2.05) is 12.1 Å². The number of sulfonamides is 1. The van der Waals surface area contributed by atoms with Gasteiger partial charge in [-0.3, -0.25) is 4.79 Å². The molecule has 1 saturated heterocycles. The van der Waals surface area contributed by atoms with E-state index in [2.05, 4.69) is 19.2 Å². The van der Waals surface area contributed by atoms with Crippen LogP contribution in [0.4, 0.5) is 0 Å². The molecular weight excluding hydrogens is 336 g/mol. The molecule has 0 saturated carbocycles. The summed E-state index contributed by atoms with van der Waals surface area (Å²) in [6.07, 6.45) is 5.89. The quantitative estimate of drug-likeness (QED) is 0.769. The molecule has 0 bridgehead atoms. The Bertz CT molecular complexity index is 646. The first kappa shape index (κ1) is 19.9. The molecule has 1 aliphatic heterocycles. The van der Waals surface area contributed by atoms with Gasteiger partial charge < -0.3 is 5.32 Å². The summed E-state index contributed by atoms with van der Waals surface area (Å²) in [5.41, 5.74) is 0.984. The van der Waals surface area contributed by atoms with Crippen molar-refractivity contribution in [3.05, 3.63) is 29.8 Å². The molecule has 1 aromatic carbocycles. The van der Waals surface area contributed by atoms with Crippen LogP contribution in [0.2, 0.25) is 0 Å². The fourth-order valence-electron chi connectivity index (χ4n) is 3.13. The largest absolute Gasteiger partial charge is 0.353 e. The molecule has 5 nitrogen and oxygen atoms in total. The van der Waals surface area contributed by atoms with Crippen molar-refractivity contribution in [3.8, 4) is 0 Å².